The van der Waals surface area contributed by atoms with Crippen LogP contribution in [0.2, 0.25) is 0 Å². The summed E-state index contributed by atoms with van der Waals surface area (Å²) in [5.41, 5.74) is 0.740. The summed E-state index contributed by atoms with van der Waals surface area (Å²) in [5, 5.41) is 0. The van der Waals surface area contributed by atoms with Gasteiger partial charge in [0.15, 0.2) is 0 Å². The minimum atomic E-state index is -3.41. The third-order valence-electron chi connectivity index (χ3n) is 3.01. The average Bonchev–Trinajstić information content (AvgIpc) is 2.33. The zero-order valence-electron chi connectivity index (χ0n) is 10.2. The van der Waals surface area contributed by atoms with Gasteiger partial charge in [-0.25, -0.2) is 8.42 Å². The Bertz CT molecular complexity index is 528. The Morgan fingerprint density at radius 3 is 2.44 bits per heavy atom. The normalized spacial score (nSPS) is 18.1. The van der Waals surface area contributed by atoms with E-state index in [2.05, 4.69) is 0 Å². The molecule has 1 aromatic carbocycles. The van der Waals surface area contributed by atoms with Crippen molar-refractivity contribution in [2.75, 3.05) is 26.7 Å². The van der Waals surface area contributed by atoms with Crippen molar-refractivity contribution >= 4 is 15.9 Å². The molecule has 6 heteroatoms. The molecular weight excluding hydrogens is 252 g/mol. The number of sulfonamides is 1. The maximum Gasteiger partial charge on any atom is 0.237 e. The predicted molar refractivity (Wildman–Crippen MR) is 68.3 cm³/mol. The van der Waals surface area contributed by atoms with Crippen LogP contribution < -0.4 is 0 Å². The first-order chi connectivity index (χ1) is 8.49. The Balaban J connectivity index is 2.10. The lowest BCUT2D eigenvalue weighted by Gasteiger charge is -2.31. The van der Waals surface area contributed by atoms with Crippen molar-refractivity contribution in [2.45, 2.75) is 5.75 Å². The molecule has 1 aliphatic heterocycles. The predicted octanol–water partition coefficient (Wildman–Crippen LogP) is 0.290. The van der Waals surface area contributed by atoms with Gasteiger partial charge in [-0.1, -0.05) is 30.3 Å². The van der Waals surface area contributed by atoms with E-state index in [1.54, 1.807) is 36.2 Å². The van der Waals surface area contributed by atoms with Crippen LogP contribution in [0.4, 0.5) is 0 Å². The summed E-state index contributed by atoms with van der Waals surface area (Å²) >= 11 is 0. The summed E-state index contributed by atoms with van der Waals surface area (Å²) in [4.78, 5) is 13.1. The SMILES string of the molecule is CN1CCN(S(=O)(=O)Cc2ccccc2)CC1=O. The number of piperazine rings is 1. The van der Waals surface area contributed by atoms with E-state index in [1.165, 1.54) is 4.31 Å². The van der Waals surface area contributed by atoms with Crippen LogP contribution >= 0.6 is 0 Å². The first-order valence-electron chi connectivity index (χ1n) is 5.75. The fourth-order valence-electron chi connectivity index (χ4n) is 1.85. The van der Waals surface area contributed by atoms with Crippen LogP contribution in [0.1, 0.15) is 5.56 Å². The van der Waals surface area contributed by atoms with Crippen LogP contribution in [-0.4, -0.2) is 50.2 Å². The molecule has 0 atom stereocenters. The molecule has 0 unspecified atom stereocenters. The number of benzene rings is 1. The number of hydrogen-bond donors (Lipinski definition) is 0. The van der Waals surface area contributed by atoms with Gasteiger partial charge >= 0.3 is 0 Å². The van der Waals surface area contributed by atoms with E-state index in [0.717, 1.165) is 5.56 Å². The zero-order valence-corrected chi connectivity index (χ0v) is 11.1. The molecule has 98 valence electrons. The maximum atomic E-state index is 12.2. The lowest BCUT2D eigenvalue weighted by molar-refractivity contribution is -0.132. The maximum absolute atomic E-state index is 12.2. The molecule has 1 heterocycles. The first-order valence-corrected chi connectivity index (χ1v) is 7.36. The van der Waals surface area contributed by atoms with Crippen molar-refractivity contribution in [2.24, 2.45) is 0 Å². The third-order valence-corrected chi connectivity index (χ3v) is 4.80. The summed E-state index contributed by atoms with van der Waals surface area (Å²) in [5.74, 6) is -0.205. The topological polar surface area (TPSA) is 57.7 Å². The highest BCUT2D eigenvalue weighted by molar-refractivity contribution is 7.88. The van der Waals surface area contributed by atoms with E-state index >= 15 is 0 Å². The molecule has 0 saturated carbocycles. The second-order valence-corrected chi connectivity index (χ2v) is 6.36. The van der Waals surface area contributed by atoms with E-state index in [0.29, 0.717) is 13.1 Å². The van der Waals surface area contributed by atoms with Crippen molar-refractivity contribution in [3.63, 3.8) is 0 Å². The van der Waals surface area contributed by atoms with Gasteiger partial charge in [0.1, 0.15) is 0 Å². The zero-order chi connectivity index (χ0) is 13.2. The van der Waals surface area contributed by atoms with Gasteiger partial charge in [-0.3, -0.25) is 4.79 Å². The minimum Gasteiger partial charge on any atom is -0.343 e. The molecule has 5 nitrogen and oxygen atoms in total. The fourth-order valence-corrected chi connectivity index (χ4v) is 3.31. The number of rotatable bonds is 3. The van der Waals surface area contributed by atoms with Crippen LogP contribution in [-0.2, 0) is 20.6 Å². The molecule has 0 aromatic heterocycles. The highest BCUT2D eigenvalue weighted by Gasteiger charge is 2.29. The molecule has 2 rings (SSSR count). The second-order valence-electron chi connectivity index (χ2n) is 4.39. The van der Waals surface area contributed by atoms with Gasteiger partial charge in [0.25, 0.3) is 0 Å². The van der Waals surface area contributed by atoms with Gasteiger partial charge < -0.3 is 4.90 Å². The monoisotopic (exact) mass is 268 g/mol. The van der Waals surface area contributed by atoms with E-state index in [1.807, 2.05) is 6.07 Å². The van der Waals surface area contributed by atoms with Crippen molar-refractivity contribution in [3.05, 3.63) is 35.9 Å². The summed E-state index contributed by atoms with van der Waals surface area (Å²) in [6.45, 7) is 0.774. The molecule has 0 radical (unpaired) electrons. The molecule has 0 N–H and O–H groups in total. The number of likely N-dealkylation sites (N-methyl/N-ethyl adjacent to an activating group) is 1. The summed E-state index contributed by atoms with van der Waals surface area (Å²) in [6, 6.07) is 9.00. The molecular formula is C12H16N2O3S. The molecule has 18 heavy (non-hydrogen) atoms. The molecule has 0 bridgehead atoms. The highest BCUT2D eigenvalue weighted by atomic mass is 32.2. The van der Waals surface area contributed by atoms with Crippen molar-refractivity contribution in [1.29, 1.82) is 0 Å². The van der Waals surface area contributed by atoms with Crippen LogP contribution in [0.25, 0.3) is 0 Å². The fraction of sp³-hybridized carbons (Fsp3) is 0.417. The smallest absolute Gasteiger partial charge is 0.237 e. The van der Waals surface area contributed by atoms with Gasteiger partial charge in [-0.05, 0) is 5.56 Å². The molecule has 1 aromatic rings. The first kappa shape index (κ1) is 13.0. The Morgan fingerprint density at radius 2 is 1.83 bits per heavy atom. The lowest BCUT2D eigenvalue weighted by atomic mass is 10.2. The number of carbonyl (C=O) groups excluding carboxylic acids is 1. The highest BCUT2D eigenvalue weighted by Crippen LogP contribution is 2.13. The largest absolute Gasteiger partial charge is 0.343 e. The van der Waals surface area contributed by atoms with Crippen molar-refractivity contribution in [3.8, 4) is 0 Å². The minimum absolute atomic E-state index is 0.0499. The molecule has 0 aliphatic carbocycles. The van der Waals surface area contributed by atoms with Gasteiger partial charge in [0.2, 0.25) is 15.9 Å². The number of nitrogens with zero attached hydrogens (tertiary/aromatic N) is 2. The van der Waals surface area contributed by atoms with Crippen LogP contribution in [0.15, 0.2) is 30.3 Å². The van der Waals surface area contributed by atoms with Crippen LogP contribution in [0, 0.1) is 0 Å². The van der Waals surface area contributed by atoms with Gasteiger partial charge in [0.05, 0.1) is 12.3 Å². The molecule has 1 amide bonds. The molecule has 1 aliphatic rings. The number of amides is 1. The number of hydrogen-bond acceptors (Lipinski definition) is 3. The quantitative estimate of drug-likeness (QED) is 0.792. The van der Waals surface area contributed by atoms with E-state index in [9.17, 15) is 13.2 Å². The van der Waals surface area contributed by atoms with Crippen molar-refractivity contribution < 1.29 is 13.2 Å². The van der Waals surface area contributed by atoms with Gasteiger partial charge in [0, 0.05) is 20.1 Å². The Kier molecular flexibility index (Phi) is 3.68. The Labute approximate surface area is 107 Å². The van der Waals surface area contributed by atoms with Crippen molar-refractivity contribution in [1.82, 2.24) is 9.21 Å². The van der Waals surface area contributed by atoms with Gasteiger partial charge in [-0.2, -0.15) is 4.31 Å². The Morgan fingerprint density at radius 1 is 1.17 bits per heavy atom. The average molecular weight is 268 g/mol. The van der Waals surface area contributed by atoms with E-state index in [4.69, 9.17) is 0 Å². The standard InChI is InChI=1S/C12H16N2O3S/c1-13-7-8-14(9-12(13)15)18(16,17)10-11-5-3-2-4-6-11/h2-6H,7-10H2,1H3. The molecule has 1 fully saturated rings. The summed E-state index contributed by atoms with van der Waals surface area (Å²) in [7, 11) is -1.72. The molecule has 1 saturated heterocycles. The number of carbonyl (C=O) groups is 1. The second kappa shape index (κ2) is 5.07. The van der Waals surface area contributed by atoms with Crippen LogP contribution in [0.3, 0.4) is 0 Å². The lowest BCUT2D eigenvalue weighted by Crippen LogP contribution is -2.50. The Hall–Kier alpha value is -1.40. The van der Waals surface area contributed by atoms with Gasteiger partial charge in [-0.15, -0.1) is 0 Å². The third kappa shape index (κ3) is 2.88. The van der Waals surface area contributed by atoms with E-state index in [-0.39, 0.29) is 18.2 Å². The summed E-state index contributed by atoms with van der Waals surface area (Å²) in [6.07, 6.45) is 0. The summed E-state index contributed by atoms with van der Waals surface area (Å²) < 4.78 is 25.6. The van der Waals surface area contributed by atoms with E-state index < -0.39 is 10.0 Å². The van der Waals surface area contributed by atoms with Crippen LogP contribution in [0.5, 0.6) is 0 Å². The molecule has 0 spiro atoms.